The van der Waals surface area contributed by atoms with Gasteiger partial charge >= 0.3 is 0 Å². The monoisotopic (exact) mass is 225 g/mol. The number of ether oxygens (including phenoxy) is 1. The first kappa shape index (κ1) is 12.4. The summed E-state index contributed by atoms with van der Waals surface area (Å²) in [4.78, 5) is 0. The SMILES string of the molecule is C1CCC(NCCOC2CCCCC2)CC1. The molecule has 2 aliphatic rings. The molecule has 16 heavy (non-hydrogen) atoms. The van der Waals surface area contributed by atoms with Crippen molar-refractivity contribution in [3.63, 3.8) is 0 Å². The highest BCUT2D eigenvalue weighted by Gasteiger charge is 2.14. The summed E-state index contributed by atoms with van der Waals surface area (Å²) in [5, 5.41) is 3.64. The van der Waals surface area contributed by atoms with Crippen molar-refractivity contribution in [3.8, 4) is 0 Å². The van der Waals surface area contributed by atoms with Crippen LogP contribution in [0.25, 0.3) is 0 Å². The summed E-state index contributed by atoms with van der Waals surface area (Å²) < 4.78 is 5.91. The van der Waals surface area contributed by atoms with Crippen molar-refractivity contribution in [2.75, 3.05) is 13.2 Å². The molecule has 94 valence electrons. The Morgan fingerprint density at radius 1 is 0.812 bits per heavy atom. The number of hydrogen-bond donors (Lipinski definition) is 1. The summed E-state index contributed by atoms with van der Waals surface area (Å²) in [5.41, 5.74) is 0. The first-order valence-electron chi connectivity index (χ1n) is 7.30. The standard InChI is InChI=1S/C14H27NO/c1-3-7-13(8-4-1)15-11-12-16-14-9-5-2-6-10-14/h13-15H,1-12H2. The van der Waals surface area contributed by atoms with Crippen molar-refractivity contribution in [2.45, 2.75) is 76.4 Å². The third kappa shape index (κ3) is 4.42. The lowest BCUT2D eigenvalue weighted by molar-refractivity contribution is 0.0289. The number of hydrogen-bond acceptors (Lipinski definition) is 2. The molecule has 2 rings (SSSR count). The zero-order valence-electron chi connectivity index (χ0n) is 10.5. The molecule has 0 amide bonds. The molecule has 2 saturated carbocycles. The van der Waals surface area contributed by atoms with Gasteiger partial charge in [0.1, 0.15) is 0 Å². The van der Waals surface area contributed by atoms with Crippen LogP contribution in [0.2, 0.25) is 0 Å². The van der Waals surface area contributed by atoms with Crippen LogP contribution in [0.3, 0.4) is 0 Å². The summed E-state index contributed by atoms with van der Waals surface area (Å²) in [5.74, 6) is 0. The van der Waals surface area contributed by atoms with E-state index in [1.807, 2.05) is 0 Å². The average Bonchev–Trinajstić information content (AvgIpc) is 2.37. The molecule has 0 atom stereocenters. The fourth-order valence-electron chi connectivity index (χ4n) is 3.03. The average molecular weight is 225 g/mol. The zero-order valence-corrected chi connectivity index (χ0v) is 10.5. The Morgan fingerprint density at radius 3 is 2.12 bits per heavy atom. The quantitative estimate of drug-likeness (QED) is 0.725. The van der Waals surface area contributed by atoms with E-state index >= 15 is 0 Å². The highest BCUT2D eigenvalue weighted by Crippen LogP contribution is 2.20. The molecule has 0 bridgehead atoms. The maximum atomic E-state index is 5.91. The van der Waals surface area contributed by atoms with Crippen molar-refractivity contribution in [2.24, 2.45) is 0 Å². The van der Waals surface area contributed by atoms with Gasteiger partial charge in [0.05, 0.1) is 12.7 Å². The van der Waals surface area contributed by atoms with Crippen molar-refractivity contribution in [3.05, 3.63) is 0 Å². The van der Waals surface area contributed by atoms with E-state index < -0.39 is 0 Å². The van der Waals surface area contributed by atoms with E-state index in [0.717, 1.165) is 19.2 Å². The summed E-state index contributed by atoms with van der Waals surface area (Å²) in [6.45, 7) is 1.97. The van der Waals surface area contributed by atoms with Gasteiger partial charge in [-0.2, -0.15) is 0 Å². The second-order valence-electron chi connectivity index (χ2n) is 5.42. The molecule has 0 aromatic heterocycles. The Labute approximate surface area is 100 Å². The third-order valence-electron chi connectivity index (χ3n) is 4.05. The van der Waals surface area contributed by atoms with Gasteiger partial charge in [-0.25, -0.2) is 0 Å². The van der Waals surface area contributed by atoms with Crippen LogP contribution >= 0.6 is 0 Å². The lowest BCUT2D eigenvalue weighted by atomic mass is 9.95. The predicted octanol–water partition coefficient (Wildman–Crippen LogP) is 3.26. The lowest BCUT2D eigenvalue weighted by Gasteiger charge is -2.25. The van der Waals surface area contributed by atoms with E-state index in [2.05, 4.69) is 5.32 Å². The van der Waals surface area contributed by atoms with Gasteiger partial charge < -0.3 is 10.1 Å². The molecule has 0 aliphatic heterocycles. The van der Waals surface area contributed by atoms with E-state index in [0.29, 0.717) is 6.10 Å². The maximum Gasteiger partial charge on any atom is 0.0594 e. The van der Waals surface area contributed by atoms with Gasteiger partial charge in [-0.05, 0) is 25.7 Å². The highest BCUT2D eigenvalue weighted by molar-refractivity contribution is 4.72. The third-order valence-corrected chi connectivity index (χ3v) is 4.05. The molecule has 0 aromatic rings. The highest BCUT2D eigenvalue weighted by atomic mass is 16.5. The minimum Gasteiger partial charge on any atom is -0.377 e. The summed E-state index contributed by atoms with van der Waals surface area (Å²) >= 11 is 0. The Hall–Kier alpha value is -0.0800. The summed E-state index contributed by atoms with van der Waals surface area (Å²) in [6, 6.07) is 0.781. The second-order valence-corrected chi connectivity index (χ2v) is 5.42. The minimum absolute atomic E-state index is 0.571. The van der Waals surface area contributed by atoms with Gasteiger partial charge in [-0.15, -0.1) is 0 Å². The van der Waals surface area contributed by atoms with Crippen LogP contribution < -0.4 is 5.32 Å². The Kier molecular flexibility index (Phi) is 5.64. The van der Waals surface area contributed by atoms with Crippen LogP contribution in [0.5, 0.6) is 0 Å². The normalized spacial score (nSPS) is 24.8. The predicted molar refractivity (Wildman–Crippen MR) is 67.7 cm³/mol. The largest absolute Gasteiger partial charge is 0.377 e. The Bertz CT molecular complexity index is 152. The lowest BCUT2D eigenvalue weighted by Crippen LogP contribution is -2.34. The van der Waals surface area contributed by atoms with Crippen LogP contribution in [-0.2, 0) is 4.74 Å². The topological polar surface area (TPSA) is 21.3 Å². The molecule has 2 fully saturated rings. The number of rotatable bonds is 5. The molecular formula is C14H27NO. The first-order valence-corrected chi connectivity index (χ1v) is 7.30. The van der Waals surface area contributed by atoms with Crippen molar-refractivity contribution < 1.29 is 4.74 Å². The molecule has 0 heterocycles. The van der Waals surface area contributed by atoms with Crippen LogP contribution in [0, 0.1) is 0 Å². The molecule has 2 heteroatoms. The molecule has 0 spiro atoms. The molecule has 1 N–H and O–H groups in total. The Balaban J connectivity index is 1.47. The Morgan fingerprint density at radius 2 is 1.44 bits per heavy atom. The molecule has 2 aliphatic carbocycles. The summed E-state index contributed by atoms with van der Waals surface area (Å²) in [6.07, 6.45) is 14.4. The van der Waals surface area contributed by atoms with Crippen molar-refractivity contribution in [1.82, 2.24) is 5.32 Å². The van der Waals surface area contributed by atoms with Crippen molar-refractivity contribution >= 4 is 0 Å². The summed E-state index contributed by atoms with van der Waals surface area (Å²) in [7, 11) is 0. The van der Waals surface area contributed by atoms with Crippen LogP contribution in [-0.4, -0.2) is 25.3 Å². The van der Waals surface area contributed by atoms with Crippen LogP contribution in [0.1, 0.15) is 64.2 Å². The fourth-order valence-corrected chi connectivity index (χ4v) is 3.03. The maximum absolute atomic E-state index is 5.91. The van der Waals surface area contributed by atoms with E-state index in [9.17, 15) is 0 Å². The van der Waals surface area contributed by atoms with Crippen LogP contribution in [0.15, 0.2) is 0 Å². The smallest absolute Gasteiger partial charge is 0.0594 e. The van der Waals surface area contributed by atoms with E-state index in [-0.39, 0.29) is 0 Å². The number of nitrogens with one attached hydrogen (secondary N) is 1. The van der Waals surface area contributed by atoms with Gasteiger partial charge in [-0.1, -0.05) is 38.5 Å². The molecule has 2 nitrogen and oxygen atoms in total. The van der Waals surface area contributed by atoms with Gasteiger partial charge in [0.15, 0.2) is 0 Å². The van der Waals surface area contributed by atoms with Gasteiger partial charge in [0, 0.05) is 12.6 Å². The van der Waals surface area contributed by atoms with Gasteiger partial charge in [-0.3, -0.25) is 0 Å². The van der Waals surface area contributed by atoms with Gasteiger partial charge in [0.2, 0.25) is 0 Å². The van der Waals surface area contributed by atoms with E-state index in [1.165, 1.54) is 64.2 Å². The van der Waals surface area contributed by atoms with E-state index in [4.69, 9.17) is 4.74 Å². The molecule has 0 radical (unpaired) electrons. The van der Waals surface area contributed by atoms with Gasteiger partial charge in [0.25, 0.3) is 0 Å². The van der Waals surface area contributed by atoms with Crippen molar-refractivity contribution in [1.29, 1.82) is 0 Å². The van der Waals surface area contributed by atoms with Crippen LogP contribution in [0.4, 0.5) is 0 Å². The second kappa shape index (κ2) is 7.29. The minimum atomic E-state index is 0.571. The molecule has 0 saturated heterocycles. The fraction of sp³-hybridized carbons (Fsp3) is 1.00. The molecule has 0 aromatic carbocycles. The van der Waals surface area contributed by atoms with E-state index in [1.54, 1.807) is 0 Å². The first-order chi connectivity index (χ1) is 7.95. The zero-order chi connectivity index (χ0) is 11.1. The molecule has 0 unspecified atom stereocenters. The molecular weight excluding hydrogens is 198 g/mol.